The molecule has 1 aliphatic rings. The van der Waals surface area contributed by atoms with Gasteiger partial charge in [0.05, 0.1) is 24.5 Å². The summed E-state index contributed by atoms with van der Waals surface area (Å²) in [6, 6.07) is 6.15. The van der Waals surface area contributed by atoms with E-state index in [9.17, 15) is 0 Å². The number of fused-ring (bicyclic) bond motifs is 2. The molecule has 2 rings (SSSR count). The van der Waals surface area contributed by atoms with Crippen LogP contribution >= 0.6 is 0 Å². The van der Waals surface area contributed by atoms with Crippen molar-refractivity contribution in [3.05, 3.63) is 29.6 Å². The van der Waals surface area contributed by atoms with E-state index in [2.05, 4.69) is 31.7 Å². The van der Waals surface area contributed by atoms with Crippen LogP contribution < -0.4 is 10.6 Å². The molecule has 0 unspecified atom stereocenters. The number of nitrogens with one attached hydrogen (secondary N) is 2. The number of nitrogens with zero attached hydrogens (tertiary/aromatic N) is 3. The second kappa shape index (κ2) is 8.50. The van der Waals surface area contributed by atoms with E-state index in [0.29, 0.717) is 0 Å². The maximum Gasteiger partial charge on any atom is 0.0545 e. The van der Waals surface area contributed by atoms with Crippen molar-refractivity contribution >= 4 is 12.4 Å². The summed E-state index contributed by atoms with van der Waals surface area (Å²) >= 11 is 0. The average molecular weight is 259 g/mol. The first kappa shape index (κ1) is 13.8. The summed E-state index contributed by atoms with van der Waals surface area (Å²) in [5.74, 6) is 0. The lowest BCUT2D eigenvalue weighted by Crippen LogP contribution is -2.20. The van der Waals surface area contributed by atoms with Crippen LogP contribution in [0, 0.1) is 0 Å². The van der Waals surface area contributed by atoms with E-state index in [4.69, 9.17) is 0 Å². The predicted molar refractivity (Wildman–Crippen MR) is 79.0 cm³/mol. The molecular formula is C14H21N5. The van der Waals surface area contributed by atoms with E-state index in [1.54, 1.807) is 0 Å². The Labute approximate surface area is 114 Å². The smallest absolute Gasteiger partial charge is 0.0545 e. The van der Waals surface area contributed by atoms with Gasteiger partial charge in [-0.1, -0.05) is 6.07 Å². The molecule has 1 aromatic heterocycles. The Morgan fingerprint density at radius 1 is 0.842 bits per heavy atom. The molecule has 2 bridgehead atoms. The molecule has 0 aliphatic carbocycles. The van der Waals surface area contributed by atoms with Crippen molar-refractivity contribution in [2.75, 3.05) is 26.2 Å². The average Bonchev–Trinajstić information content (AvgIpc) is 2.43. The molecule has 1 aliphatic heterocycles. The van der Waals surface area contributed by atoms with Crippen LogP contribution in [-0.2, 0) is 13.1 Å². The first-order valence-corrected chi connectivity index (χ1v) is 6.78. The molecule has 0 spiro atoms. The molecule has 1 aromatic rings. The monoisotopic (exact) mass is 259 g/mol. The standard InChI is InChI=1S/C14H21N5/c1-3-13-11-17-9-7-15-5-2-6-16-8-10-18-12-14(4-1)19-13/h1,3-6,17-18H,2,7-12H2. The number of hydrogen-bond donors (Lipinski definition) is 2. The zero-order valence-electron chi connectivity index (χ0n) is 11.2. The number of rotatable bonds is 0. The maximum atomic E-state index is 4.60. The molecule has 0 radical (unpaired) electrons. The summed E-state index contributed by atoms with van der Waals surface area (Å²) in [6.07, 6.45) is 4.66. The predicted octanol–water partition coefficient (Wildman–Crippen LogP) is 0.806. The van der Waals surface area contributed by atoms with Crippen LogP contribution in [0.3, 0.4) is 0 Å². The normalized spacial score (nSPS) is 18.3. The molecule has 0 aromatic carbocycles. The van der Waals surface area contributed by atoms with Gasteiger partial charge in [0.1, 0.15) is 0 Å². The summed E-state index contributed by atoms with van der Waals surface area (Å²) in [4.78, 5) is 13.2. The van der Waals surface area contributed by atoms with E-state index in [1.165, 1.54) is 0 Å². The Morgan fingerprint density at radius 3 is 2.00 bits per heavy atom. The number of hydrogen-bond acceptors (Lipinski definition) is 5. The molecule has 0 fully saturated rings. The molecule has 0 saturated carbocycles. The lowest BCUT2D eigenvalue weighted by molar-refractivity contribution is 0.659. The largest absolute Gasteiger partial charge is 0.309 e. The lowest BCUT2D eigenvalue weighted by Gasteiger charge is -2.06. The first-order chi connectivity index (χ1) is 9.45. The molecule has 0 atom stereocenters. The van der Waals surface area contributed by atoms with Gasteiger partial charge in [0.15, 0.2) is 0 Å². The van der Waals surface area contributed by atoms with Crippen molar-refractivity contribution in [3.63, 3.8) is 0 Å². The highest BCUT2D eigenvalue weighted by Gasteiger charge is 1.98. The van der Waals surface area contributed by atoms with Crippen LogP contribution in [0.25, 0.3) is 0 Å². The van der Waals surface area contributed by atoms with Gasteiger partial charge in [-0.25, -0.2) is 0 Å². The SMILES string of the molecule is C1=NCCNCc2cccc(n2)CNCCN=CC1. The molecule has 5 heteroatoms. The second-order valence-corrected chi connectivity index (χ2v) is 4.39. The first-order valence-electron chi connectivity index (χ1n) is 6.78. The van der Waals surface area contributed by atoms with Gasteiger partial charge < -0.3 is 10.6 Å². The van der Waals surface area contributed by atoms with Crippen LogP contribution in [0.5, 0.6) is 0 Å². The van der Waals surface area contributed by atoms with Crippen molar-refractivity contribution in [1.82, 2.24) is 15.6 Å². The van der Waals surface area contributed by atoms with Crippen molar-refractivity contribution in [3.8, 4) is 0 Å². The molecular weight excluding hydrogens is 238 g/mol. The van der Waals surface area contributed by atoms with Crippen LogP contribution in [-0.4, -0.2) is 43.6 Å². The van der Waals surface area contributed by atoms with Crippen LogP contribution in [0.1, 0.15) is 17.8 Å². The highest BCUT2D eigenvalue weighted by Crippen LogP contribution is 1.99. The van der Waals surface area contributed by atoms with E-state index in [1.807, 2.05) is 24.6 Å². The van der Waals surface area contributed by atoms with Crippen molar-refractivity contribution < 1.29 is 0 Å². The van der Waals surface area contributed by atoms with Gasteiger partial charge in [0, 0.05) is 45.0 Å². The topological polar surface area (TPSA) is 61.7 Å². The van der Waals surface area contributed by atoms with E-state index >= 15 is 0 Å². The molecule has 102 valence electrons. The fourth-order valence-electron chi connectivity index (χ4n) is 1.83. The van der Waals surface area contributed by atoms with Crippen LogP contribution in [0.2, 0.25) is 0 Å². The van der Waals surface area contributed by atoms with E-state index in [-0.39, 0.29) is 0 Å². The molecule has 19 heavy (non-hydrogen) atoms. The minimum absolute atomic E-state index is 0.796. The van der Waals surface area contributed by atoms with Gasteiger partial charge in [-0.15, -0.1) is 0 Å². The fraction of sp³-hybridized carbons (Fsp3) is 0.500. The summed E-state index contributed by atoms with van der Waals surface area (Å²) in [5, 5.41) is 6.69. The zero-order valence-corrected chi connectivity index (χ0v) is 11.2. The highest BCUT2D eigenvalue weighted by molar-refractivity contribution is 5.79. The van der Waals surface area contributed by atoms with E-state index < -0.39 is 0 Å². The van der Waals surface area contributed by atoms with Crippen molar-refractivity contribution in [2.45, 2.75) is 19.5 Å². The summed E-state index contributed by atoms with van der Waals surface area (Å²) in [5.41, 5.74) is 2.15. The molecule has 5 nitrogen and oxygen atoms in total. The third-order valence-electron chi connectivity index (χ3n) is 2.78. The molecule has 0 saturated heterocycles. The fourth-order valence-corrected chi connectivity index (χ4v) is 1.83. The van der Waals surface area contributed by atoms with E-state index in [0.717, 1.165) is 57.1 Å². The Hall–Kier alpha value is -1.59. The van der Waals surface area contributed by atoms with Gasteiger partial charge >= 0.3 is 0 Å². The summed E-state index contributed by atoms with van der Waals surface area (Å²) < 4.78 is 0. The third kappa shape index (κ3) is 5.72. The number of aromatic nitrogens is 1. The van der Waals surface area contributed by atoms with Crippen molar-refractivity contribution in [2.24, 2.45) is 9.98 Å². The quantitative estimate of drug-likeness (QED) is 0.724. The highest BCUT2D eigenvalue weighted by atomic mass is 14.9. The van der Waals surface area contributed by atoms with Gasteiger partial charge in [0.2, 0.25) is 0 Å². The van der Waals surface area contributed by atoms with Gasteiger partial charge in [0.25, 0.3) is 0 Å². The molecule has 2 N–H and O–H groups in total. The summed E-state index contributed by atoms with van der Waals surface area (Å²) in [6.45, 7) is 4.94. The Bertz CT molecular complexity index is 392. The minimum atomic E-state index is 0.796. The van der Waals surface area contributed by atoms with Crippen LogP contribution in [0.4, 0.5) is 0 Å². The molecule has 2 heterocycles. The zero-order chi connectivity index (χ0) is 13.2. The van der Waals surface area contributed by atoms with Crippen LogP contribution in [0.15, 0.2) is 28.2 Å². The Kier molecular flexibility index (Phi) is 6.19. The second-order valence-electron chi connectivity index (χ2n) is 4.39. The maximum absolute atomic E-state index is 4.60. The third-order valence-corrected chi connectivity index (χ3v) is 2.78. The molecule has 0 amide bonds. The van der Waals surface area contributed by atoms with Gasteiger partial charge in [-0.3, -0.25) is 15.0 Å². The lowest BCUT2D eigenvalue weighted by atomic mass is 10.3. The summed E-state index contributed by atoms with van der Waals surface area (Å²) in [7, 11) is 0. The van der Waals surface area contributed by atoms with Gasteiger partial charge in [-0.05, 0) is 12.1 Å². The van der Waals surface area contributed by atoms with Crippen molar-refractivity contribution in [1.29, 1.82) is 0 Å². The van der Waals surface area contributed by atoms with Gasteiger partial charge in [-0.2, -0.15) is 0 Å². The number of pyridine rings is 1. The number of aliphatic imine (C=N–C) groups is 2. The Balaban J connectivity index is 1.93. The Morgan fingerprint density at radius 2 is 1.42 bits per heavy atom. The minimum Gasteiger partial charge on any atom is -0.309 e.